The second-order valence-electron chi connectivity index (χ2n) is 2.32. The van der Waals surface area contributed by atoms with Gasteiger partial charge in [-0.1, -0.05) is 6.07 Å². The van der Waals surface area contributed by atoms with Crippen molar-refractivity contribution in [3.8, 4) is 0 Å². The van der Waals surface area contributed by atoms with E-state index >= 15 is 0 Å². The van der Waals surface area contributed by atoms with E-state index in [4.69, 9.17) is 10.3 Å². The number of rotatable bonds is 2. The zero-order valence-electron chi connectivity index (χ0n) is 6.16. The molecule has 0 saturated heterocycles. The maximum absolute atomic E-state index is 10.4. The number of nitrogens with two attached hydrogens (primary N) is 1. The molecule has 1 atom stereocenters. The molecule has 5 heteroatoms. The van der Waals surface area contributed by atoms with E-state index in [-0.39, 0.29) is 5.75 Å². The fraction of sp³-hybridized carbons (Fsp3) is 0.143. The Morgan fingerprint density at radius 3 is 2.75 bits per heavy atom. The largest absolute Gasteiger partial charge is 0.398 e. The maximum atomic E-state index is 10.4. The molecule has 0 radical (unpaired) electrons. The number of anilines is 1. The number of nitrogen functional groups attached to an aromatic ring is 1. The van der Waals surface area contributed by atoms with Crippen molar-refractivity contribution in [1.29, 1.82) is 0 Å². The summed E-state index contributed by atoms with van der Waals surface area (Å²) in [6.45, 7) is 0. The Kier molecular flexibility index (Phi) is 3.25. The molecule has 1 unspecified atom stereocenters. The van der Waals surface area contributed by atoms with Gasteiger partial charge in [-0.25, -0.2) is 4.21 Å². The third-order valence-electron chi connectivity index (χ3n) is 1.35. The zero-order valence-corrected chi connectivity index (χ0v) is 8.56. The summed E-state index contributed by atoms with van der Waals surface area (Å²) in [6, 6.07) is 5.20. The lowest BCUT2D eigenvalue weighted by Gasteiger charge is -2.00. The first-order valence-corrected chi connectivity index (χ1v) is 5.28. The highest BCUT2D eigenvalue weighted by atomic mass is 79.9. The van der Waals surface area contributed by atoms with Gasteiger partial charge in [0.15, 0.2) is 11.1 Å². The van der Waals surface area contributed by atoms with Crippen LogP contribution in [-0.4, -0.2) is 8.76 Å². The molecular formula is C7H8BrNO2S. The molecule has 1 rings (SSSR count). The van der Waals surface area contributed by atoms with Crippen molar-refractivity contribution in [3.63, 3.8) is 0 Å². The summed E-state index contributed by atoms with van der Waals surface area (Å²) in [7, 11) is 0. The van der Waals surface area contributed by atoms with Gasteiger partial charge < -0.3 is 10.3 Å². The van der Waals surface area contributed by atoms with Gasteiger partial charge in [0.2, 0.25) is 0 Å². The first-order chi connectivity index (χ1) is 5.59. The molecule has 0 fully saturated rings. The van der Waals surface area contributed by atoms with E-state index in [1.54, 1.807) is 18.2 Å². The fourth-order valence-corrected chi connectivity index (χ4v) is 1.54. The third-order valence-corrected chi connectivity index (χ3v) is 2.65. The second-order valence-corrected chi connectivity index (χ2v) is 4.11. The van der Waals surface area contributed by atoms with Crippen molar-refractivity contribution in [2.45, 2.75) is 5.75 Å². The number of hydrogen-bond acceptors (Lipinski definition) is 2. The van der Waals surface area contributed by atoms with Gasteiger partial charge in [-0.05, 0) is 33.6 Å². The van der Waals surface area contributed by atoms with Crippen LogP contribution in [0.5, 0.6) is 0 Å². The Bertz CT molecular complexity index is 316. The van der Waals surface area contributed by atoms with Gasteiger partial charge >= 0.3 is 0 Å². The second kappa shape index (κ2) is 4.02. The Hall–Kier alpha value is -0.390. The summed E-state index contributed by atoms with van der Waals surface area (Å²) in [5, 5.41) is 0. The number of halogens is 1. The molecular weight excluding hydrogens is 242 g/mol. The lowest BCUT2D eigenvalue weighted by atomic mass is 10.2. The van der Waals surface area contributed by atoms with E-state index in [2.05, 4.69) is 15.9 Å². The summed E-state index contributed by atoms with van der Waals surface area (Å²) in [5.41, 5.74) is 6.91. The van der Waals surface area contributed by atoms with Gasteiger partial charge in [0.25, 0.3) is 0 Å². The SMILES string of the molecule is Nc1cc(CS(=O)O)ccc1Br. The van der Waals surface area contributed by atoms with Crippen LogP contribution < -0.4 is 5.73 Å². The zero-order chi connectivity index (χ0) is 9.14. The summed E-state index contributed by atoms with van der Waals surface area (Å²) in [4.78, 5) is 0. The van der Waals surface area contributed by atoms with E-state index < -0.39 is 11.1 Å². The third kappa shape index (κ3) is 2.58. The Morgan fingerprint density at radius 2 is 2.25 bits per heavy atom. The molecule has 0 aliphatic heterocycles. The van der Waals surface area contributed by atoms with Gasteiger partial charge in [-0.2, -0.15) is 0 Å². The molecule has 0 saturated carbocycles. The van der Waals surface area contributed by atoms with E-state index in [1.807, 2.05) is 0 Å². The Labute approximate surface area is 81.4 Å². The van der Waals surface area contributed by atoms with Crippen molar-refractivity contribution in [2.24, 2.45) is 0 Å². The summed E-state index contributed by atoms with van der Waals surface area (Å²) < 4.78 is 19.8. The highest BCUT2D eigenvalue weighted by Gasteiger charge is 2.00. The van der Waals surface area contributed by atoms with E-state index in [9.17, 15) is 4.21 Å². The van der Waals surface area contributed by atoms with Crippen LogP contribution in [0, 0.1) is 0 Å². The minimum atomic E-state index is -1.80. The molecule has 12 heavy (non-hydrogen) atoms. The number of hydrogen-bond donors (Lipinski definition) is 2. The lowest BCUT2D eigenvalue weighted by molar-refractivity contribution is 0.563. The molecule has 1 aromatic rings. The van der Waals surface area contributed by atoms with Crippen molar-refractivity contribution < 1.29 is 8.76 Å². The van der Waals surface area contributed by atoms with Crippen LogP contribution in [0.25, 0.3) is 0 Å². The molecule has 0 aliphatic carbocycles. The van der Waals surface area contributed by atoms with Gasteiger partial charge in [0, 0.05) is 10.2 Å². The predicted octanol–water partition coefficient (Wildman–Crippen LogP) is 1.75. The van der Waals surface area contributed by atoms with Gasteiger partial charge in [0.1, 0.15) is 0 Å². The van der Waals surface area contributed by atoms with Crippen LogP contribution in [0.1, 0.15) is 5.56 Å². The predicted molar refractivity (Wildman–Crippen MR) is 53.0 cm³/mol. The Morgan fingerprint density at radius 1 is 1.58 bits per heavy atom. The average Bonchev–Trinajstić information content (AvgIpc) is 1.96. The van der Waals surface area contributed by atoms with E-state index in [0.29, 0.717) is 5.69 Å². The monoisotopic (exact) mass is 249 g/mol. The normalized spacial score (nSPS) is 12.8. The average molecular weight is 250 g/mol. The quantitative estimate of drug-likeness (QED) is 0.620. The molecule has 0 aromatic heterocycles. The summed E-state index contributed by atoms with van der Waals surface area (Å²) >= 11 is 1.43. The smallest absolute Gasteiger partial charge is 0.157 e. The number of benzene rings is 1. The Balaban J connectivity index is 2.89. The van der Waals surface area contributed by atoms with Crippen LogP contribution in [0.3, 0.4) is 0 Å². The van der Waals surface area contributed by atoms with Crippen molar-refractivity contribution in [1.82, 2.24) is 0 Å². The topological polar surface area (TPSA) is 63.3 Å². The molecule has 0 aliphatic rings. The molecule has 66 valence electrons. The fourth-order valence-electron chi connectivity index (χ4n) is 0.826. The standard InChI is InChI=1S/C7H8BrNO2S/c8-6-2-1-5(3-7(6)9)4-12(10)11/h1-3H,4,9H2,(H,10,11). The molecule has 1 aromatic carbocycles. The van der Waals surface area contributed by atoms with Gasteiger partial charge in [0.05, 0.1) is 5.75 Å². The first kappa shape index (κ1) is 9.70. The molecule has 0 amide bonds. The first-order valence-electron chi connectivity index (χ1n) is 3.21. The molecule has 3 N–H and O–H groups in total. The van der Waals surface area contributed by atoms with Gasteiger partial charge in [-0.3, -0.25) is 0 Å². The molecule has 0 spiro atoms. The lowest BCUT2D eigenvalue weighted by Crippen LogP contribution is -1.95. The highest BCUT2D eigenvalue weighted by molar-refractivity contribution is 9.10. The van der Waals surface area contributed by atoms with E-state index in [1.165, 1.54) is 0 Å². The van der Waals surface area contributed by atoms with Crippen LogP contribution in [0.2, 0.25) is 0 Å². The highest BCUT2D eigenvalue weighted by Crippen LogP contribution is 2.20. The van der Waals surface area contributed by atoms with Gasteiger partial charge in [-0.15, -0.1) is 0 Å². The van der Waals surface area contributed by atoms with Crippen LogP contribution in [0.15, 0.2) is 22.7 Å². The van der Waals surface area contributed by atoms with Crippen molar-refractivity contribution in [3.05, 3.63) is 28.2 Å². The van der Waals surface area contributed by atoms with Crippen LogP contribution in [0.4, 0.5) is 5.69 Å². The summed E-state index contributed by atoms with van der Waals surface area (Å²) in [5.74, 6) is 0.122. The molecule has 0 heterocycles. The van der Waals surface area contributed by atoms with E-state index in [0.717, 1.165) is 10.0 Å². The summed E-state index contributed by atoms with van der Waals surface area (Å²) in [6.07, 6.45) is 0. The van der Waals surface area contributed by atoms with Crippen molar-refractivity contribution >= 4 is 32.7 Å². The maximum Gasteiger partial charge on any atom is 0.157 e. The van der Waals surface area contributed by atoms with Crippen LogP contribution in [-0.2, 0) is 16.8 Å². The van der Waals surface area contributed by atoms with Crippen molar-refractivity contribution in [2.75, 3.05) is 5.73 Å². The minimum absolute atomic E-state index is 0.122. The molecule has 3 nitrogen and oxygen atoms in total. The van der Waals surface area contributed by atoms with Crippen LogP contribution >= 0.6 is 15.9 Å². The molecule has 0 bridgehead atoms. The minimum Gasteiger partial charge on any atom is -0.398 e.